The molecule has 0 aliphatic heterocycles. The Labute approximate surface area is 151 Å². The van der Waals surface area contributed by atoms with Crippen molar-refractivity contribution in [2.24, 2.45) is 0 Å². The van der Waals surface area contributed by atoms with Crippen LogP contribution in [0, 0.1) is 5.82 Å². The van der Waals surface area contributed by atoms with Crippen molar-refractivity contribution in [3.05, 3.63) is 64.9 Å². The zero-order valence-electron chi connectivity index (χ0n) is 13.6. The smallest absolute Gasteiger partial charge is 0.238 e. The van der Waals surface area contributed by atoms with Crippen LogP contribution in [0.2, 0.25) is 5.02 Å². The predicted octanol–water partition coefficient (Wildman–Crippen LogP) is 4.04. The highest BCUT2D eigenvalue weighted by molar-refractivity contribution is 8.00. The summed E-state index contributed by atoms with van der Waals surface area (Å²) in [7, 11) is 1.85. The first-order chi connectivity index (χ1) is 11.5. The zero-order chi connectivity index (χ0) is 17.5. The zero-order valence-corrected chi connectivity index (χ0v) is 15.1. The van der Waals surface area contributed by atoms with Crippen molar-refractivity contribution < 1.29 is 9.18 Å². The number of hydrogen-bond donors (Lipinski definition) is 2. The van der Waals surface area contributed by atoms with Crippen molar-refractivity contribution in [1.82, 2.24) is 10.6 Å². The third-order valence-corrected chi connectivity index (χ3v) is 5.10. The maximum absolute atomic E-state index is 13.3. The fourth-order valence-corrected chi connectivity index (χ4v) is 3.37. The molecule has 0 aliphatic rings. The second kappa shape index (κ2) is 9.06. The second-order valence-electron chi connectivity index (χ2n) is 5.42. The Hall–Kier alpha value is -1.56. The molecule has 0 spiro atoms. The van der Waals surface area contributed by atoms with Crippen LogP contribution in [0.4, 0.5) is 4.39 Å². The Morgan fingerprint density at radius 2 is 1.96 bits per heavy atom. The number of amides is 1. The van der Waals surface area contributed by atoms with E-state index in [4.69, 9.17) is 11.6 Å². The van der Waals surface area contributed by atoms with Gasteiger partial charge in [-0.15, -0.1) is 11.8 Å². The Bertz CT molecular complexity index is 684. The molecule has 3 nitrogen and oxygen atoms in total. The molecule has 24 heavy (non-hydrogen) atoms. The largest absolute Gasteiger partial charge is 0.353 e. The quantitative estimate of drug-likeness (QED) is 0.727. The lowest BCUT2D eigenvalue weighted by molar-refractivity contribution is -0.120. The van der Waals surface area contributed by atoms with Crippen LogP contribution in [0.15, 0.2) is 53.4 Å². The summed E-state index contributed by atoms with van der Waals surface area (Å²) < 4.78 is 13.3. The number of hydrogen-bond acceptors (Lipinski definition) is 3. The van der Waals surface area contributed by atoms with E-state index in [0.29, 0.717) is 6.54 Å². The van der Waals surface area contributed by atoms with E-state index in [0.717, 1.165) is 10.5 Å². The van der Waals surface area contributed by atoms with Gasteiger partial charge in [-0.05, 0) is 37.7 Å². The van der Waals surface area contributed by atoms with E-state index in [-0.39, 0.29) is 17.0 Å². The number of carbonyl (C=O) groups is 1. The number of nitrogens with one attached hydrogen (secondary N) is 2. The molecule has 0 saturated heterocycles. The van der Waals surface area contributed by atoms with Crippen LogP contribution in [-0.2, 0) is 4.79 Å². The lowest BCUT2D eigenvalue weighted by Gasteiger charge is -2.19. The van der Waals surface area contributed by atoms with Gasteiger partial charge in [0.05, 0.1) is 5.02 Å². The molecular weight excluding hydrogens is 347 g/mol. The summed E-state index contributed by atoms with van der Waals surface area (Å²) in [5, 5.41) is 5.65. The molecule has 1 amide bonds. The molecule has 0 saturated carbocycles. The number of halogens is 2. The van der Waals surface area contributed by atoms with Gasteiger partial charge in [-0.25, -0.2) is 4.39 Å². The minimum atomic E-state index is -0.468. The summed E-state index contributed by atoms with van der Waals surface area (Å²) in [5.74, 6) is -0.557. The van der Waals surface area contributed by atoms with Crippen LogP contribution >= 0.6 is 23.4 Å². The van der Waals surface area contributed by atoms with Crippen molar-refractivity contribution in [2.75, 3.05) is 13.6 Å². The summed E-state index contributed by atoms with van der Waals surface area (Å²) in [5.41, 5.74) is 0.887. The molecule has 0 fully saturated rings. The molecule has 0 heterocycles. The fraction of sp³-hybridized carbons (Fsp3) is 0.278. The number of likely N-dealkylation sites (N-methyl/N-ethyl adjacent to an activating group) is 1. The summed E-state index contributed by atoms with van der Waals surface area (Å²) >= 11 is 7.20. The molecule has 0 aromatic heterocycles. The SMILES string of the molecule is CNC(C)CNC(=O)C(Sc1ccc(F)c(Cl)c1)c1ccccc1. The van der Waals surface area contributed by atoms with E-state index in [1.165, 1.54) is 17.8 Å². The third kappa shape index (κ3) is 5.23. The van der Waals surface area contributed by atoms with Crippen molar-refractivity contribution in [3.63, 3.8) is 0 Å². The second-order valence-corrected chi connectivity index (χ2v) is 7.01. The molecule has 6 heteroatoms. The number of carbonyl (C=O) groups excluding carboxylic acids is 1. The average molecular weight is 367 g/mol. The van der Waals surface area contributed by atoms with Crippen LogP contribution in [0.1, 0.15) is 17.7 Å². The van der Waals surface area contributed by atoms with Gasteiger partial charge in [0, 0.05) is 17.5 Å². The van der Waals surface area contributed by atoms with E-state index < -0.39 is 11.1 Å². The average Bonchev–Trinajstić information content (AvgIpc) is 2.61. The van der Waals surface area contributed by atoms with Crippen LogP contribution in [0.5, 0.6) is 0 Å². The first-order valence-corrected chi connectivity index (χ1v) is 8.88. The van der Waals surface area contributed by atoms with E-state index in [1.807, 2.05) is 44.3 Å². The van der Waals surface area contributed by atoms with Crippen molar-refractivity contribution in [3.8, 4) is 0 Å². The predicted molar refractivity (Wildman–Crippen MR) is 98.0 cm³/mol. The molecule has 0 bridgehead atoms. The van der Waals surface area contributed by atoms with Gasteiger partial charge in [-0.2, -0.15) is 0 Å². The highest BCUT2D eigenvalue weighted by Crippen LogP contribution is 2.36. The molecule has 2 aromatic rings. The first-order valence-electron chi connectivity index (χ1n) is 7.63. The summed E-state index contributed by atoms with van der Waals surface area (Å²) in [6.45, 7) is 2.52. The minimum absolute atomic E-state index is 0.0519. The molecule has 2 aromatic carbocycles. The van der Waals surface area contributed by atoms with E-state index >= 15 is 0 Å². The van der Waals surface area contributed by atoms with Crippen molar-refractivity contribution in [1.29, 1.82) is 0 Å². The standard InChI is InChI=1S/C18H20ClFN2OS/c1-12(21-2)11-22-18(23)17(13-6-4-3-5-7-13)24-14-8-9-16(20)15(19)10-14/h3-10,12,17,21H,11H2,1-2H3,(H,22,23). The van der Waals surface area contributed by atoms with Crippen molar-refractivity contribution in [2.45, 2.75) is 23.1 Å². The molecular formula is C18H20ClFN2OS. The van der Waals surface area contributed by atoms with Crippen LogP contribution < -0.4 is 10.6 Å². The molecule has 2 unspecified atom stereocenters. The van der Waals surface area contributed by atoms with Gasteiger partial charge in [-0.1, -0.05) is 41.9 Å². The first kappa shape index (κ1) is 18.8. The van der Waals surface area contributed by atoms with Crippen LogP contribution in [0.25, 0.3) is 0 Å². The lowest BCUT2D eigenvalue weighted by atomic mass is 10.1. The number of thioether (sulfide) groups is 1. The Balaban J connectivity index is 2.19. The highest BCUT2D eigenvalue weighted by atomic mass is 35.5. The fourth-order valence-electron chi connectivity index (χ4n) is 2.04. The molecule has 0 aliphatic carbocycles. The molecule has 2 N–H and O–H groups in total. The number of benzene rings is 2. The molecule has 2 atom stereocenters. The molecule has 0 radical (unpaired) electrons. The topological polar surface area (TPSA) is 41.1 Å². The van der Waals surface area contributed by atoms with Gasteiger partial charge in [0.25, 0.3) is 0 Å². The summed E-state index contributed by atoms with van der Waals surface area (Å²) in [4.78, 5) is 13.4. The Morgan fingerprint density at radius 1 is 1.25 bits per heavy atom. The maximum Gasteiger partial charge on any atom is 0.238 e. The Morgan fingerprint density at radius 3 is 2.58 bits per heavy atom. The van der Waals surface area contributed by atoms with Gasteiger partial charge < -0.3 is 10.6 Å². The van der Waals surface area contributed by atoms with Gasteiger partial charge in [0.2, 0.25) is 5.91 Å². The third-order valence-electron chi connectivity index (χ3n) is 3.56. The van der Waals surface area contributed by atoms with E-state index in [9.17, 15) is 9.18 Å². The Kier molecular flexibility index (Phi) is 7.09. The maximum atomic E-state index is 13.3. The molecule has 128 valence electrons. The van der Waals surface area contributed by atoms with E-state index in [2.05, 4.69) is 10.6 Å². The number of rotatable bonds is 7. The van der Waals surface area contributed by atoms with Gasteiger partial charge in [0.1, 0.15) is 11.1 Å². The summed E-state index contributed by atoms with van der Waals surface area (Å²) in [6.07, 6.45) is 0. The van der Waals surface area contributed by atoms with Crippen LogP contribution in [-0.4, -0.2) is 25.5 Å². The van der Waals surface area contributed by atoms with Gasteiger partial charge in [-0.3, -0.25) is 4.79 Å². The van der Waals surface area contributed by atoms with Gasteiger partial charge in [0.15, 0.2) is 0 Å². The normalized spacial score (nSPS) is 13.3. The lowest BCUT2D eigenvalue weighted by Crippen LogP contribution is -2.38. The monoisotopic (exact) mass is 366 g/mol. The van der Waals surface area contributed by atoms with E-state index in [1.54, 1.807) is 12.1 Å². The highest BCUT2D eigenvalue weighted by Gasteiger charge is 2.22. The minimum Gasteiger partial charge on any atom is -0.353 e. The van der Waals surface area contributed by atoms with Crippen LogP contribution in [0.3, 0.4) is 0 Å². The summed E-state index contributed by atoms with van der Waals surface area (Å²) in [6, 6.07) is 14.2. The van der Waals surface area contributed by atoms with Crippen molar-refractivity contribution >= 4 is 29.3 Å². The molecule has 2 rings (SSSR count). The van der Waals surface area contributed by atoms with Gasteiger partial charge >= 0.3 is 0 Å².